The summed E-state index contributed by atoms with van der Waals surface area (Å²) in [6.45, 7) is 5.06. The predicted octanol–water partition coefficient (Wildman–Crippen LogP) is 3.78. The lowest BCUT2D eigenvalue weighted by Gasteiger charge is -2.15. The molecule has 2 rings (SSSR count). The highest BCUT2D eigenvalue weighted by Crippen LogP contribution is 2.27. The Morgan fingerprint density at radius 3 is 2.68 bits per heavy atom. The predicted molar refractivity (Wildman–Crippen MR) is 105 cm³/mol. The number of hydrogen-bond donors (Lipinski definition) is 2. The Labute approximate surface area is 158 Å². The fourth-order valence-electron chi connectivity index (χ4n) is 2.61. The van der Waals surface area contributed by atoms with Crippen LogP contribution in [0.4, 0.5) is 0 Å². The summed E-state index contributed by atoms with van der Waals surface area (Å²) in [6.07, 6.45) is 0.847. The van der Waals surface area contributed by atoms with Crippen LogP contribution in [0.2, 0.25) is 0 Å². The van der Waals surface area contributed by atoms with Gasteiger partial charge in [-0.2, -0.15) is 0 Å². The quantitative estimate of drug-likeness (QED) is 0.703. The van der Waals surface area contributed by atoms with Gasteiger partial charge in [-0.15, -0.1) is 0 Å². The first-order valence-electron chi connectivity index (χ1n) is 8.39. The van der Waals surface area contributed by atoms with Crippen LogP contribution in [0.1, 0.15) is 29.7 Å². The molecule has 0 fully saturated rings. The van der Waals surface area contributed by atoms with Crippen LogP contribution < -0.4 is 15.4 Å². The molecule has 1 amide bonds. The number of hydrogen-bond acceptors (Lipinski definition) is 3. The summed E-state index contributed by atoms with van der Waals surface area (Å²) in [5.41, 5.74) is 3.63. The third-order valence-corrected chi connectivity index (χ3v) is 4.84. The van der Waals surface area contributed by atoms with Crippen LogP contribution in [0.15, 0.2) is 46.9 Å². The maximum absolute atomic E-state index is 12.0. The average Bonchev–Trinajstić information content (AvgIpc) is 2.61. The molecule has 2 aromatic rings. The maximum Gasteiger partial charge on any atom is 0.233 e. The van der Waals surface area contributed by atoms with Gasteiger partial charge in [0.15, 0.2) is 0 Å². The number of amides is 1. The molecule has 2 aromatic carbocycles. The third kappa shape index (κ3) is 5.87. The number of aryl methyl sites for hydroxylation is 1. The molecule has 0 spiro atoms. The van der Waals surface area contributed by atoms with Crippen LogP contribution in [0, 0.1) is 6.92 Å². The van der Waals surface area contributed by atoms with Crippen molar-refractivity contribution in [1.82, 2.24) is 10.6 Å². The van der Waals surface area contributed by atoms with Gasteiger partial charge in [-0.25, -0.2) is 0 Å². The van der Waals surface area contributed by atoms with Crippen LogP contribution in [0.3, 0.4) is 0 Å². The Morgan fingerprint density at radius 1 is 1.24 bits per heavy atom. The molecule has 0 unspecified atom stereocenters. The molecule has 0 saturated heterocycles. The summed E-state index contributed by atoms with van der Waals surface area (Å²) in [4.78, 5) is 12.0. The van der Waals surface area contributed by atoms with Gasteiger partial charge in [-0.1, -0.05) is 30.3 Å². The number of methoxy groups -OCH3 is 1. The summed E-state index contributed by atoms with van der Waals surface area (Å²) >= 11 is 3.49. The zero-order chi connectivity index (χ0) is 18.2. The van der Waals surface area contributed by atoms with E-state index in [9.17, 15) is 4.79 Å². The SMILES string of the molecule is COc1ccc([C@@H](C)NCC(=O)NCCc2ccccc2C)cc1Br. The first-order valence-corrected chi connectivity index (χ1v) is 9.18. The summed E-state index contributed by atoms with van der Waals surface area (Å²) in [5.74, 6) is 0.804. The van der Waals surface area contributed by atoms with E-state index in [1.165, 1.54) is 11.1 Å². The molecule has 0 saturated carbocycles. The number of rotatable bonds is 8. The highest BCUT2D eigenvalue weighted by molar-refractivity contribution is 9.10. The van der Waals surface area contributed by atoms with E-state index in [2.05, 4.69) is 45.6 Å². The molecule has 134 valence electrons. The molecule has 0 radical (unpaired) electrons. The second kappa shape index (κ2) is 9.59. The standard InChI is InChI=1S/C20H25BrN2O2/c1-14-6-4-5-7-16(14)10-11-22-20(24)13-23-15(2)17-8-9-19(25-3)18(21)12-17/h4-9,12,15,23H,10-11,13H2,1-3H3,(H,22,24)/t15-/m1/s1. The fraction of sp³-hybridized carbons (Fsp3) is 0.350. The highest BCUT2D eigenvalue weighted by Gasteiger charge is 2.10. The van der Waals surface area contributed by atoms with Gasteiger partial charge in [0.25, 0.3) is 0 Å². The van der Waals surface area contributed by atoms with Crippen LogP contribution >= 0.6 is 15.9 Å². The number of carbonyl (C=O) groups is 1. The van der Waals surface area contributed by atoms with Crippen molar-refractivity contribution >= 4 is 21.8 Å². The topological polar surface area (TPSA) is 50.4 Å². The molecule has 1 atom stereocenters. The van der Waals surface area contributed by atoms with Gasteiger partial charge in [0, 0.05) is 12.6 Å². The molecule has 4 nitrogen and oxygen atoms in total. The van der Waals surface area contributed by atoms with Gasteiger partial charge in [-0.3, -0.25) is 4.79 Å². The van der Waals surface area contributed by atoms with Crippen molar-refractivity contribution in [2.45, 2.75) is 26.3 Å². The van der Waals surface area contributed by atoms with Gasteiger partial charge < -0.3 is 15.4 Å². The van der Waals surface area contributed by atoms with E-state index in [1.807, 2.05) is 37.3 Å². The Balaban J connectivity index is 1.75. The zero-order valence-electron chi connectivity index (χ0n) is 14.9. The molecular formula is C20H25BrN2O2. The summed E-state index contributed by atoms with van der Waals surface area (Å²) in [5, 5.41) is 6.21. The molecule has 0 aliphatic heterocycles. The van der Waals surface area contributed by atoms with Gasteiger partial charge >= 0.3 is 0 Å². The largest absolute Gasteiger partial charge is 0.496 e. The van der Waals surface area contributed by atoms with Crippen molar-refractivity contribution in [1.29, 1.82) is 0 Å². The van der Waals surface area contributed by atoms with Gasteiger partial charge in [0.05, 0.1) is 18.1 Å². The first-order chi connectivity index (χ1) is 12.0. The highest BCUT2D eigenvalue weighted by atomic mass is 79.9. The van der Waals surface area contributed by atoms with Gasteiger partial charge in [0.1, 0.15) is 5.75 Å². The third-order valence-electron chi connectivity index (χ3n) is 4.22. The number of halogens is 1. The smallest absolute Gasteiger partial charge is 0.233 e. The van der Waals surface area contributed by atoms with Gasteiger partial charge in [-0.05, 0) is 65.0 Å². The second-order valence-electron chi connectivity index (χ2n) is 6.02. The minimum atomic E-state index is 0.00742. The van der Waals surface area contributed by atoms with E-state index in [1.54, 1.807) is 7.11 Å². The molecular weight excluding hydrogens is 380 g/mol. The Morgan fingerprint density at radius 2 is 2.00 bits per heavy atom. The van der Waals surface area contributed by atoms with Crippen molar-refractivity contribution in [3.05, 3.63) is 63.6 Å². The van der Waals surface area contributed by atoms with Crippen LogP contribution in [-0.4, -0.2) is 26.1 Å². The van der Waals surface area contributed by atoms with Crippen LogP contribution in [0.25, 0.3) is 0 Å². The normalized spacial score (nSPS) is 11.8. The van der Waals surface area contributed by atoms with E-state index >= 15 is 0 Å². The molecule has 0 aliphatic carbocycles. The van der Waals surface area contributed by atoms with Crippen molar-refractivity contribution in [3.8, 4) is 5.75 Å². The van der Waals surface area contributed by atoms with E-state index in [-0.39, 0.29) is 11.9 Å². The molecule has 25 heavy (non-hydrogen) atoms. The molecule has 0 aromatic heterocycles. The molecule has 0 aliphatic rings. The second-order valence-corrected chi connectivity index (χ2v) is 6.88. The Hall–Kier alpha value is -1.85. The molecule has 0 bridgehead atoms. The maximum atomic E-state index is 12.0. The van der Waals surface area contributed by atoms with E-state index in [4.69, 9.17) is 4.74 Å². The monoisotopic (exact) mass is 404 g/mol. The zero-order valence-corrected chi connectivity index (χ0v) is 16.5. The van der Waals surface area contributed by atoms with Crippen molar-refractivity contribution in [3.63, 3.8) is 0 Å². The fourth-order valence-corrected chi connectivity index (χ4v) is 3.16. The number of carbonyl (C=O) groups excluding carboxylic acids is 1. The Kier molecular flexibility index (Phi) is 7.47. The van der Waals surface area contributed by atoms with Crippen LogP contribution in [-0.2, 0) is 11.2 Å². The van der Waals surface area contributed by atoms with E-state index in [0.29, 0.717) is 13.1 Å². The lowest BCUT2D eigenvalue weighted by molar-refractivity contribution is -0.120. The van der Waals surface area contributed by atoms with Crippen LogP contribution in [0.5, 0.6) is 5.75 Å². The van der Waals surface area contributed by atoms with Gasteiger partial charge in [0.2, 0.25) is 5.91 Å². The van der Waals surface area contributed by atoms with E-state index in [0.717, 1.165) is 22.2 Å². The lowest BCUT2D eigenvalue weighted by atomic mass is 10.1. The van der Waals surface area contributed by atoms with Crippen molar-refractivity contribution < 1.29 is 9.53 Å². The first kappa shape index (κ1) is 19.5. The minimum absolute atomic E-state index is 0.00742. The Bertz CT molecular complexity index is 719. The average molecular weight is 405 g/mol. The molecule has 0 heterocycles. The summed E-state index contributed by atoms with van der Waals surface area (Å²) in [6, 6.07) is 14.2. The van der Waals surface area contributed by atoms with Crippen molar-refractivity contribution in [2.75, 3.05) is 20.2 Å². The van der Waals surface area contributed by atoms with Crippen molar-refractivity contribution in [2.24, 2.45) is 0 Å². The number of benzene rings is 2. The number of ether oxygens (including phenoxy) is 1. The van der Waals surface area contributed by atoms with E-state index < -0.39 is 0 Å². The lowest BCUT2D eigenvalue weighted by Crippen LogP contribution is -2.36. The molecule has 5 heteroatoms. The summed E-state index contributed by atoms with van der Waals surface area (Å²) < 4.78 is 6.14. The minimum Gasteiger partial charge on any atom is -0.496 e. The number of nitrogens with one attached hydrogen (secondary N) is 2. The molecule has 2 N–H and O–H groups in total. The summed E-state index contributed by atoms with van der Waals surface area (Å²) in [7, 11) is 1.64.